The average molecular weight is 142 g/mol. The maximum absolute atomic E-state index is 9.69. The fourth-order valence-electron chi connectivity index (χ4n) is 0.304. The van der Waals surface area contributed by atoms with Gasteiger partial charge in [-0.15, -0.1) is 0 Å². The molecule has 0 saturated carbocycles. The SMILES string of the molecule is C=CC(C)=O.CCC1CO1. The van der Waals surface area contributed by atoms with Gasteiger partial charge in [0.1, 0.15) is 0 Å². The van der Waals surface area contributed by atoms with Crippen LogP contribution >= 0.6 is 0 Å². The van der Waals surface area contributed by atoms with Gasteiger partial charge < -0.3 is 4.74 Å². The molecule has 0 aromatic carbocycles. The predicted molar refractivity (Wildman–Crippen MR) is 40.9 cm³/mol. The largest absolute Gasteiger partial charge is 0.373 e. The first-order chi connectivity index (χ1) is 4.70. The molecular weight excluding hydrogens is 128 g/mol. The minimum absolute atomic E-state index is 0.0185. The number of allylic oxidation sites excluding steroid dienone is 1. The molecule has 2 heteroatoms. The number of hydrogen-bond acceptors (Lipinski definition) is 2. The van der Waals surface area contributed by atoms with E-state index in [-0.39, 0.29) is 5.78 Å². The molecule has 1 fully saturated rings. The van der Waals surface area contributed by atoms with Gasteiger partial charge in [0.05, 0.1) is 12.7 Å². The zero-order chi connectivity index (χ0) is 7.98. The summed E-state index contributed by atoms with van der Waals surface area (Å²) in [5.41, 5.74) is 0. The lowest BCUT2D eigenvalue weighted by atomic mass is 10.4. The third-order valence-corrected chi connectivity index (χ3v) is 1.15. The fraction of sp³-hybridized carbons (Fsp3) is 0.625. The third kappa shape index (κ3) is 7.37. The van der Waals surface area contributed by atoms with E-state index in [1.54, 1.807) is 0 Å². The molecule has 0 N–H and O–H groups in total. The van der Waals surface area contributed by atoms with Crippen LogP contribution in [0.15, 0.2) is 12.7 Å². The molecule has 58 valence electrons. The predicted octanol–water partition coefficient (Wildman–Crippen LogP) is 1.56. The molecule has 0 radical (unpaired) electrons. The molecule has 1 rings (SSSR count). The molecule has 10 heavy (non-hydrogen) atoms. The van der Waals surface area contributed by atoms with Gasteiger partial charge >= 0.3 is 0 Å². The highest BCUT2D eigenvalue weighted by Crippen LogP contribution is 2.10. The van der Waals surface area contributed by atoms with Crippen molar-refractivity contribution in [3.05, 3.63) is 12.7 Å². The van der Waals surface area contributed by atoms with Crippen LogP contribution in [0.3, 0.4) is 0 Å². The van der Waals surface area contributed by atoms with Crippen molar-refractivity contribution in [1.29, 1.82) is 0 Å². The molecule has 1 heterocycles. The zero-order valence-electron chi connectivity index (χ0n) is 6.59. The number of hydrogen-bond donors (Lipinski definition) is 0. The first kappa shape index (κ1) is 9.37. The smallest absolute Gasteiger partial charge is 0.152 e. The summed E-state index contributed by atoms with van der Waals surface area (Å²) in [5, 5.41) is 0. The molecule has 0 amide bonds. The van der Waals surface area contributed by atoms with E-state index >= 15 is 0 Å². The minimum atomic E-state index is 0.0185. The summed E-state index contributed by atoms with van der Waals surface area (Å²) >= 11 is 0. The quantitative estimate of drug-likeness (QED) is 0.432. The van der Waals surface area contributed by atoms with Crippen molar-refractivity contribution in [2.45, 2.75) is 26.4 Å². The first-order valence-corrected chi connectivity index (χ1v) is 3.45. The lowest BCUT2D eigenvalue weighted by Crippen LogP contribution is -1.74. The standard InChI is InChI=1S/C4H8O.C4H6O/c1-2-4-3-5-4;1-3-4(2)5/h4H,2-3H2,1H3;3H,1H2,2H3. The number of ketones is 1. The van der Waals surface area contributed by atoms with Gasteiger partial charge in [0.25, 0.3) is 0 Å². The third-order valence-electron chi connectivity index (χ3n) is 1.15. The van der Waals surface area contributed by atoms with Gasteiger partial charge in [-0.1, -0.05) is 13.5 Å². The number of carbonyl (C=O) groups is 1. The highest BCUT2D eigenvalue weighted by molar-refractivity contribution is 5.86. The highest BCUT2D eigenvalue weighted by Gasteiger charge is 2.18. The monoisotopic (exact) mass is 142 g/mol. The van der Waals surface area contributed by atoms with E-state index in [1.807, 2.05) is 0 Å². The molecule has 1 atom stereocenters. The summed E-state index contributed by atoms with van der Waals surface area (Å²) in [6.45, 7) is 7.82. The van der Waals surface area contributed by atoms with E-state index in [0.717, 1.165) is 6.61 Å². The van der Waals surface area contributed by atoms with E-state index in [2.05, 4.69) is 13.5 Å². The summed E-state index contributed by atoms with van der Waals surface area (Å²) in [4.78, 5) is 9.69. The number of carbonyl (C=O) groups excluding carboxylic acids is 1. The number of ether oxygens (including phenoxy) is 1. The van der Waals surface area contributed by atoms with Gasteiger partial charge in [-0.2, -0.15) is 0 Å². The van der Waals surface area contributed by atoms with Crippen molar-refractivity contribution in [2.24, 2.45) is 0 Å². The lowest BCUT2D eigenvalue weighted by molar-refractivity contribution is -0.112. The second-order valence-corrected chi connectivity index (χ2v) is 2.18. The molecule has 1 unspecified atom stereocenters. The summed E-state index contributed by atoms with van der Waals surface area (Å²) < 4.78 is 4.86. The fourth-order valence-corrected chi connectivity index (χ4v) is 0.304. The Morgan fingerprint density at radius 3 is 2.30 bits per heavy atom. The van der Waals surface area contributed by atoms with Crippen molar-refractivity contribution in [3.63, 3.8) is 0 Å². The van der Waals surface area contributed by atoms with Gasteiger partial charge in [0.15, 0.2) is 5.78 Å². The molecule has 0 bridgehead atoms. The average Bonchev–Trinajstić information content (AvgIpc) is 2.70. The van der Waals surface area contributed by atoms with Gasteiger partial charge in [0, 0.05) is 0 Å². The Balaban J connectivity index is 0.000000162. The van der Waals surface area contributed by atoms with Crippen LogP contribution in [0.2, 0.25) is 0 Å². The number of rotatable bonds is 2. The van der Waals surface area contributed by atoms with Crippen molar-refractivity contribution < 1.29 is 9.53 Å². The molecule has 1 saturated heterocycles. The van der Waals surface area contributed by atoms with Gasteiger partial charge in [0.2, 0.25) is 0 Å². The summed E-state index contributed by atoms with van der Waals surface area (Å²) in [7, 11) is 0. The molecule has 0 aromatic rings. The number of epoxide rings is 1. The highest BCUT2D eigenvalue weighted by atomic mass is 16.6. The van der Waals surface area contributed by atoms with Crippen LogP contribution in [0.25, 0.3) is 0 Å². The Hall–Kier alpha value is -0.630. The Bertz CT molecular complexity index is 114. The van der Waals surface area contributed by atoms with Gasteiger partial charge in [-0.3, -0.25) is 4.79 Å². The van der Waals surface area contributed by atoms with Crippen LogP contribution in [0, 0.1) is 0 Å². The maximum atomic E-state index is 9.69. The summed E-state index contributed by atoms with van der Waals surface area (Å²) in [6, 6.07) is 0. The lowest BCUT2D eigenvalue weighted by Gasteiger charge is -1.69. The maximum Gasteiger partial charge on any atom is 0.152 e. The van der Waals surface area contributed by atoms with Crippen LogP contribution in [-0.4, -0.2) is 18.5 Å². The Morgan fingerprint density at radius 1 is 1.90 bits per heavy atom. The van der Waals surface area contributed by atoms with Gasteiger partial charge in [-0.25, -0.2) is 0 Å². The first-order valence-electron chi connectivity index (χ1n) is 3.45. The van der Waals surface area contributed by atoms with Crippen LogP contribution in [0.4, 0.5) is 0 Å². The molecule has 2 nitrogen and oxygen atoms in total. The molecular formula is C8H14O2. The van der Waals surface area contributed by atoms with E-state index in [0.29, 0.717) is 6.10 Å². The van der Waals surface area contributed by atoms with Crippen LogP contribution in [0.5, 0.6) is 0 Å². The Morgan fingerprint density at radius 2 is 2.30 bits per heavy atom. The zero-order valence-corrected chi connectivity index (χ0v) is 6.59. The molecule has 0 aliphatic carbocycles. The molecule has 1 aliphatic heterocycles. The normalized spacial score (nSPS) is 20.4. The van der Waals surface area contributed by atoms with E-state index < -0.39 is 0 Å². The molecule has 0 aromatic heterocycles. The van der Waals surface area contributed by atoms with E-state index in [9.17, 15) is 4.79 Å². The minimum Gasteiger partial charge on any atom is -0.373 e. The summed E-state index contributed by atoms with van der Waals surface area (Å²) in [5.74, 6) is 0.0185. The molecule has 0 spiro atoms. The van der Waals surface area contributed by atoms with E-state index in [1.165, 1.54) is 19.4 Å². The van der Waals surface area contributed by atoms with E-state index in [4.69, 9.17) is 4.74 Å². The van der Waals surface area contributed by atoms with Crippen molar-refractivity contribution >= 4 is 5.78 Å². The van der Waals surface area contributed by atoms with Gasteiger partial charge in [-0.05, 0) is 19.4 Å². The van der Waals surface area contributed by atoms with Crippen LogP contribution in [0.1, 0.15) is 20.3 Å². The van der Waals surface area contributed by atoms with Crippen LogP contribution < -0.4 is 0 Å². The van der Waals surface area contributed by atoms with Crippen molar-refractivity contribution in [1.82, 2.24) is 0 Å². The van der Waals surface area contributed by atoms with Crippen molar-refractivity contribution in [3.8, 4) is 0 Å². The summed E-state index contributed by atoms with van der Waals surface area (Å²) in [6.07, 6.45) is 3.11. The Labute approximate surface area is 61.9 Å². The second-order valence-electron chi connectivity index (χ2n) is 2.18. The molecule has 1 aliphatic rings. The second kappa shape index (κ2) is 5.18. The van der Waals surface area contributed by atoms with Crippen LogP contribution in [-0.2, 0) is 9.53 Å². The topological polar surface area (TPSA) is 29.6 Å². The Kier molecular flexibility index (Phi) is 4.85. The van der Waals surface area contributed by atoms with Crippen molar-refractivity contribution in [2.75, 3.05) is 6.61 Å².